The van der Waals surface area contributed by atoms with Crippen molar-refractivity contribution in [3.05, 3.63) is 46.3 Å². The van der Waals surface area contributed by atoms with Crippen molar-refractivity contribution in [1.29, 1.82) is 0 Å². The van der Waals surface area contributed by atoms with Crippen molar-refractivity contribution in [1.82, 2.24) is 0 Å². The molecule has 1 atom stereocenters. The number of aromatic carboxylic acids is 1. The molecule has 0 bridgehead atoms. The van der Waals surface area contributed by atoms with Gasteiger partial charge in [0.15, 0.2) is 17.6 Å². The second-order valence-electron chi connectivity index (χ2n) is 4.06. The van der Waals surface area contributed by atoms with Crippen molar-refractivity contribution in [2.24, 2.45) is 0 Å². The summed E-state index contributed by atoms with van der Waals surface area (Å²) >= 11 is 3.35. The van der Waals surface area contributed by atoms with Crippen LogP contribution in [0.25, 0.3) is 0 Å². The molecule has 106 valence electrons. The summed E-state index contributed by atoms with van der Waals surface area (Å²) in [4.78, 5) is 10.8. The molecule has 0 aliphatic rings. The number of benzene rings is 1. The standard InChI is InChI=1S/C14H13BrO5/c1-8(10-5-6-12(20-10)14(16)17)19-11-4-3-9(15)7-13(11)18-2/h3-8H,1-2H3,(H,16,17). The second kappa shape index (κ2) is 6.00. The van der Waals surface area contributed by atoms with Gasteiger partial charge in [-0.1, -0.05) is 15.9 Å². The molecule has 0 aliphatic carbocycles. The first-order valence-electron chi connectivity index (χ1n) is 5.84. The van der Waals surface area contributed by atoms with Crippen LogP contribution in [0.3, 0.4) is 0 Å². The van der Waals surface area contributed by atoms with Gasteiger partial charge in [0, 0.05) is 4.47 Å². The van der Waals surface area contributed by atoms with Gasteiger partial charge in [0.1, 0.15) is 5.76 Å². The molecular weight excluding hydrogens is 328 g/mol. The third-order valence-corrected chi connectivity index (χ3v) is 3.16. The van der Waals surface area contributed by atoms with E-state index < -0.39 is 12.1 Å². The van der Waals surface area contributed by atoms with Crippen molar-refractivity contribution in [3.63, 3.8) is 0 Å². The second-order valence-corrected chi connectivity index (χ2v) is 4.98. The Morgan fingerprint density at radius 2 is 2.05 bits per heavy atom. The van der Waals surface area contributed by atoms with Crippen LogP contribution in [0.2, 0.25) is 0 Å². The van der Waals surface area contributed by atoms with E-state index >= 15 is 0 Å². The van der Waals surface area contributed by atoms with Gasteiger partial charge in [0.05, 0.1) is 7.11 Å². The molecular formula is C14H13BrO5. The predicted molar refractivity (Wildman–Crippen MR) is 75.4 cm³/mol. The summed E-state index contributed by atoms with van der Waals surface area (Å²) in [5.41, 5.74) is 0. The molecule has 20 heavy (non-hydrogen) atoms. The van der Waals surface area contributed by atoms with Crippen LogP contribution in [0, 0.1) is 0 Å². The Bertz CT molecular complexity index is 620. The van der Waals surface area contributed by atoms with E-state index in [2.05, 4.69) is 15.9 Å². The van der Waals surface area contributed by atoms with Gasteiger partial charge in [-0.05, 0) is 37.3 Å². The number of carboxylic acids is 1. The molecule has 0 saturated heterocycles. The Kier molecular flexibility index (Phi) is 4.34. The van der Waals surface area contributed by atoms with Crippen molar-refractivity contribution < 1.29 is 23.8 Å². The summed E-state index contributed by atoms with van der Waals surface area (Å²) in [6.45, 7) is 1.77. The van der Waals surface area contributed by atoms with Crippen LogP contribution in [0.4, 0.5) is 0 Å². The number of halogens is 1. The maximum absolute atomic E-state index is 10.8. The van der Waals surface area contributed by atoms with E-state index in [1.807, 2.05) is 6.07 Å². The first kappa shape index (κ1) is 14.5. The molecule has 0 radical (unpaired) electrons. The van der Waals surface area contributed by atoms with Crippen molar-refractivity contribution in [2.45, 2.75) is 13.0 Å². The summed E-state index contributed by atoms with van der Waals surface area (Å²) in [6, 6.07) is 8.36. The van der Waals surface area contributed by atoms with Gasteiger partial charge in [-0.2, -0.15) is 0 Å². The Hall–Kier alpha value is -1.95. The number of carbonyl (C=O) groups is 1. The van der Waals surface area contributed by atoms with Crippen molar-refractivity contribution in [2.75, 3.05) is 7.11 Å². The van der Waals surface area contributed by atoms with Gasteiger partial charge < -0.3 is 19.0 Å². The number of hydrogen-bond donors (Lipinski definition) is 1. The fourth-order valence-corrected chi connectivity index (χ4v) is 2.01. The lowest BCUT2D eigenvalue weighted by atomic mass is 10.3. The SMILES string of the molecule is COc1cc(Br)ccc1OC(C)c1ccc(C(=O)O)o1. The van der Waals surface area contributed by atoms with Gasteiger partial charge in [0.25, 0.3) is 0 Å². The van der Waals surface area contributed by atoms with Gasteiger partial charge in [-0.25, -0.2) is 4.79 Å². The molecule has 1 heterocycles. The molecule has 0 aliphatic heterocycles. The number of hydrogen-bond acceptors (Lipinski definition) is 4. The van der Waals surface area contributed by atoms with Crippen molar-refractivity contribution >= 4 is 21.9 Å². The van der Waals surface area contributed by atoms with E-state index in [-0.39, 0.29) is 5.76 Å². The van der Waals surface area contributed by atoms with Gasteiger partial charge in [0.2, 0.25) is 5.76 Å². The van der Waals surface area contributed by atoms with E-state index in [4.69, 9.17) is 19.0 Å². The number of ether oxygens (including phenoxy) is 2. The van der Waals surface area contributed by atoms with Gasteiger partial charge in [-0.15, -0.1) is 0 Å². The Labute approximate surface area is 124 Å². The highest BCUT2D eigenvalue weighted by Crippen LogP contribution is 2.33. The molecule has 5 nitrogen and oxygen atoms in total. The molecule has 1 aromatic carbocycles. The van der Waals surface area contributed by atoms with Crippen LogP contribution in [-0.4, -0.2) is 18.2 Å². The fraction of sp³-hybridized carbons (Fsp3) is 0.214. The largest absolute Gasteiger partial charge is 0.493 e. The zero-order chi connectivity index (χ0) is 14.7. The smallest absolute Gasteiger partial charge is 0.371 e. The van der Waals surface area contributed by atoms with E-state index in [0.717, 1.165) is 4.47 Å². The van der Waals surface area contributed by atoms with E-state index in [0.29, 0.717) is 17.3 Å². The normalized spacial score (nSPS) is 11.9. The van der Waals surface area contributed by atoms with Crippen LogP contribution in [0.1, 0.15) is 29.3 Å². The van der Waals surface area contributed by atoms with E-state index in [1.54, 1.807) is 32.2 Å². The zero-order valence-electron chi connectivity index (χ0n) is 10.9. The van der Waals surface area contributed by atoms with Gasteiger partial charge in [-0.3, -0.25) is 0 Å². The highest BCUT2D eigenvalue weighted by atomic mass is 79.9. The molecule has 2 rings (SSSR count). The predicted octanol–water partition coefficient (Wildman–Crippen LogP) is 3.89. The Morgan fingerprint density at radius 1 is 1.30 bits per heavy atom. The number of methoxy groups -OCH3 is 1. The summed E-state index contributed by atoms with van der Waals surface area (Å²) in [7, 11) is 1.55. The average Bonchev–Trinajstić information content (AvgIpc) is 2.90. The van der Waals surface area contributed by atoms with Crippen LogP contribution in [0.15, 0.2) is 39.2 Å². The summed E-state index contributed by atoms with van der Waals surface area (Å²) in [5, 5.41) is 8.82. The molecule has 0 spiro atoms. The molecule has 0 fully saturated rings. The minimum absolute atomic E-state index is 0.113. The summed E-state index contributed by atoms with van der Waals surface area (Å²) in [6.07, 6.45) is -0.432. The minimum atomic E-state index is -1.11. The first-order valence-corrected chi connectivity index (χ1v) is 6.63. The van der Waals surface area contributed by atoms with E-state index in [1.165, 1.54) is 6.07 Å². The number of furan rings is 1. The zero-order valence-corrected chi connectivity index (χ0v) is 12.5. The highest BCUT2D eigenvalue weighted by molar-refractivity contribution is 9.10. The topological polar surface area (TPSA) is 68.9 Å². The van der Waals surface area contributed by atoms with E-state index in [9.17, 15) is 4.79 Å². The lowest BCUT2D eigenvalue weighted by Crippen LogP contribution is -2.03. The monoisotopic (exact) mass is 340 g/mol. The fourth-order valence-electron chi connectivity index (χ4n) is 1.67. The van der Waals surface area contributed by atoms with Crippen LogP contribution >= 0.6 is 15.9 Å². The lowest BCUT2D eigenvalue weighted by Gasteiger charge is -2.15. The third-order valence-electron chi connectivity index (χ3n) is 2.67. The maximum Gasteiger partial charge on any atom is 0.371 e. The Morgan fingerprint density at radius 3 is 2.65 bits per heavy atom. The first-order chi connectivity index (χ1) is 9.51. The molecule has 6 heteroatoms. The quantitative estimate of drug-likeness (QED) is 0.894. The molecule has 1 unspecified atom stereocenters. The Balaban J connectivity index is 2.18. The van der Waals surface area contributed by atoms with Crippen LogP contribution in [0.5, 0.6) is 11.5 Å². The number of carboxylic acid groups (broad SMARTS) is 1. The summed E-state index contributed by atoms with van der Waals surface area (Å²) in [5.74, 6) is 0.350. The minimum Gasteiger partial charge on any atom is -0.493 e. The lowest BCUT2D eigenvalue weighted by molar-refractivity contribution is 0.0655. The summed E-state index contributed by atoms with van der Waals surface area (Å²) < 4.78 is 17.0. The highest BCUT2D eigenvalue weighted by Gasteiger charge is 2.17. The van der Waals surface area contributed by atoms with Crippen molar-refractivity contribution in [3.8, 4) is 11.5 Å². The maximum atomic E-state index is 10.8. The van der Waals surface area contributed by atoms with Crippen LogP contribution in [-0.2, 0) is 0 Å². The molecule has 0 saturated carbocycles. The van der Waals surface area contributed by atoms with Crippen LogP contribution < -0.4 is 9.47 Å². The molecule has 1 aromatic heterocycles. The average molecular weight is 341 g/mol. The molecule has 2 aromatic rings. The molecule has 1 N–H and O–H groups in total. The van der Waals surface area contributed by atoms with Gasteiger partial charge >= 0.3 is 5.97 Å². The third kappa shape index (κ3) is 3.14. The molecule has 0 amide bonds. The number of rotatable bonds is 5.